The van der Waals surface area contributed by atoms with E-state index in [0.29, 0.717) is 19.3 Å². The summed E-state index contributed by atoms with van der Waals surface area (Å²) >= 11 is 0. The Balaban J connectivity index is 4.25. The summed E-state index contributed by atoms with van der Waals surface area (Å²) in [4.78, 5) is 38.0. The minimum absolute atomic E-state index is 0.0624. The van der Waals surface area contributed by atoms with Gasteiger partial charge >= 0.3 is 17.9 Å². The predicted molar refractivity (Wildman–Crippen MR) is 261 cm³/mol. The zero-order chi connectivity index (χ0) is 44.5. The lowest BCUT2D eigenvalue weighted by Gasteiger charge is -2.18. The lowest BCUT2D eigenvalue weighted by atomic mass is 10.0. The van der Waals surface area contributed by atoms with Gasteiger partial charge in [0.25, 0.3) is 0 Å². The van der Waals surface area contributed by atoms with Crippen molar-refractivity contribution < 1.29 is 28.6 Å². The van der Waals surface area contributed by atoms with Gasteiger partial charge in [0.1, 0.15) is 13.2 Å². The molecule has 0 aromatic heterocycles. The molecule has 362 valence electrons. The van der Waals surface area contributed by atoms with E-state index in [1.807, 2.05) is 0 Å². The van der Waals surface area contributed by atoms with Gasteiger partial charge in [0.15, 0.2) is 6.10 Å². The van der Waals surface area contributed by atoms with E-state index in [-0.39, 0.29) is 31.1 Å². The molecule has 0 amide bonds. The van der Waals surface area contributed by atoms with E-state index in [4.69, 9.17) is 14.2 Å². The van der Waals surface area contributed by atoms with Crippen molar-refractivity contribution in [3.05, 3.63) is 0 Å². The van der Waals surface area contributed by atoms with Gasteiger partial charge in [-0.05, 0) is 25.2 Å². The molecule has 0 unspecified atom stereocenters. The quantitative estimate of drug-likeness (QED) is 0.0344. The molecule has 0 fully saturated rings. The molecular weight excluding hydrogens is 757 g/mol. The Kier molecular flexibility index (Phi) is 48.1. The second-order valence-electron chi connectivity index (χ2n) is 19.3. The van der Waals surface area contributed by atoms with E-state index in [9.17, 15) is 14.4 Å². The van der Waals surface area contributed by atoms with Gasteiger partial charge in [-0.3, -0.25) is 14.4 Å². The second kappa shape index (κ2) is 49.4. The molecule has 0 aliphatic heterocycles. The Morgan fingerprint density at radius 2 is 0.541 bits per heavy atom. The van der Waals surface area contributed by atoms with Crippen LogP contribution >= 0.6 is 0 Å². The van der Waals surface area contributed by atoms with Gasteiger partial charge in [-0.1, -0.05) is 272 Å². The summed E-state index contributed by atoms with van der Waals surface area (Å²) in [6.45, 7) is 9.03. The number of carbonyl (C=O) groups excluding carboxylic acids is 3. The summed E-state index contributed by atoms with van der Waals surface area (Å²) in [5.74, 6) is -0.00990. The monoisotopic (exact) mass is 863 g/mol. The van der Waals surface area contributed by atoms with Crippen LogP contribution in [-0.2, 0) is 28.6 Å². The third-order valence-corrected chi connectivity index (χ3v) is 12.5. The first-order valence-electron chi connectivity index (χ1n) is 27.4. The van der Waals surface area contributed by atoms with Gasteiger partial charge in [-0.15, -0.1) is 0 Å². The van der Waals surface area contributed by atoms with Crippen molar-refractivity contribution in [3.63, 3.8) is 0 Å². The van der Waals surface area contributed by atoms with Crippen molar-refractivity contribution >= 4 is 17.9 Å². The zero-order valence-corrected chi connectivity index (χ0v) is 41.6. The largest absolute Gasteiger partial charge is 0.462 e. The maximum Gasteiger partial charge on any atom is 0.306 e. The molecule has 0 bridgehead atoms. The molecule has 0 spiro atoms. The summed E-state index contributed by atoms with van der Waals surface area (Å²) < 4.78 is 16.8. The summed E-state index contributed by atoms with van der Waals surface area (Å²) in [5.41, 5.74) is 0. The fraction of sp³-hybridized carbons (Fsp3) is 0.945. The Morgan fingerprint density at radius 1 is 0.311 bits per heavy atom. The highest BCUT2D eigenvalue weighted by Gasteiger charge is 2.19. The third kappa shape index (κ3) is 49.3. The van der Waals surface area contributed by atoms with Crippen molar-refractivity contribution in [3.8, 4) is 0 Å². The van der Waals surface area contributed by atoms with E-state index in [2.05, 4.69) is 27.7 Å². The van der Waals surface area contributed by atoms with Gasteiger partial charge in [-0.25, -0.2) is 0 Å². The SMILES string of the molecule is CCCCCCCCCCCCCCCCCCCCC(=O)OC[C@@H](COC(=O)CCCCCCCCCCCC)OC(=O)CCCCCCCCCCCCCCC(C)C. The van der Waals surface area contributed by atoms with Crippen LogP contribution in [-0.4, -0.2) is 37.2 Å². The van der Waals surface area contributed by atoms with Crippen LogP contribution < -0.4 is 0 Å². The minimum Gasteiger partial charge on any atom is -0.462 e. The van der Waals surface area contributed by atoms with Gasteiger partial charge in [0, 0.05) is 19.3 Å². The van der Waals surface area contributed by atoms with Crippen LogP contribution in [0.2, 0.25) is 0 Å². The van der Waals surface area contributed by atoms with Crippen molar-refractivity contribution in [2.24, 2.45) is 5.92 Å². The van der Waals surface area contributed by atoms with Crippen molar-refractivity contribution in [2.75, 3.05) is 13.2 Å². The molecule has 0 aromatic carbocycles. The minimum atomic E-state index is -0.761. The number of hydrogen-bond donors (Lipinski definition) is 0. The van der Waals surface area contributed by atoms with Gasteiger partial charge in [-0.2, -0.15) is 0 Å². The van der Waals surface area contributed by atoms with Crippen LogP contribution in [0.5, 0.6) is 0 Å². The Bertz CT molecular complexity index is 918. The number of unbranched alkanes of at least 4 members (excludes halogenated alkanes) is 37. The van der Waals surface area contributed by atoms with Crippen LogP contribution in [0.3, 0.4) is 0 Å². The molecule has 0 saturated heterocycles. The molecule has 61 heavy (non-hydrogen) atoms. The molecule has 0 aliphatic carbocycles. The Morgan fingerprint density at radius 3 is 0.803 bits per heavy atom. The van der Waals surface area contributed by atoms with E-state index < -0.39 is 6.10 Å². The van der Waals surface area contributed by atoms with Gasteiger partial charge in [0.2, 0.25) is 0 Å². The molecule has 0 aliphatic rings. The number of rotatable bonds is 50. The van der Waals surface area contributed by atoms with E-state index in [0.717, 1.165) is 63.7 Å². The highest BCUT2D eigenvalue weighted by molar-refractivity contribution is 5.71. The van der Waals surface area contributed by atoms with Crippen molar-refractivity contribution in [2.45, 2.75) is 316 Å². The lowest BCUT2D eigenvalue weighted by molar-refractivity contribution is -0.167. The van der Waals surface area contributed by atoms with Crippen LogP contribution in [0, 0.1) is 5.92 Å². The topological polar surface area (TPSA) is 78.9 Å². The molecule has 0 N–H and O–H groups in total. The third-order valence-electron chi connectivity index (χ3n) is 12.5. The number of carbonyl (C=O) groups is 3. The Labute approximate surface area is 380 Å². The maximum absolute atomic E-state index is 12.8. The normalized spacial score (nSPS) is 12.0. The predicted octanol–water partition coefficient (Wildman–Crippen LogP) is 17.8. The average molecular weight is 863 g/mol. The maximum atomic E-state index is 12.8. The lowest BCUT2D eigenvalue weighted by Crippen LogP contribution is -2.30. The van der Waals surface area contributed by atoms with Crippen LogP contribution in [0.15, 0.2) is 0 Å². The first kappa shape index (κ1) is 59.4. The number of ether oxygens (including phenoxy) is 3. The fourth-order valence-electron chi connectivity index (χ4n) is 8.39. The molecule has 0 heterocycles. The van der Waals surface area contributed by atoms with Gasteiger partial charge < -0.3 is 14.2 Å². The molecular formula is C55H106O6. The molecule has 0 rings (SSSR count). The highest BCUT2D eigenvalue weighted by atomic mass is 16.6. The molecule has 1 atom stereocenters. The average Bonchev–Trinajstić information content (AvgIpc) is 3.24. The standard InChI is InChI=1S/C55H106O6/c1-5-7-9-11-13-15-17-18-19-20-21-22-23-27-31-35-39-43-47-54(57)60-50-52(49-59-53(56)46-42-38-34-30-16-14-12-10-8-6-2)61-55(58)48-44-40-36-32-28-25-24-26-29-33-37-41-45-51(3)4/h51-52H,5-50H2,1-4H3/t52-/m1/s1. The van der Waals surface area contributed by atoms with Crippen LogP contribution in [0.4, 0.5) is 0 Å². The highest BCUT2D eigenvalue weighted by Crippen LogP contribution is 2.17. The smallest absolute Gasteiger partial charge is 0.306 e. The van der Waals surface area contributed by atoms with Crippen molar-refractivity contribution in [1.29, 1.82) is 0 Å². The van der Waals surface area contributed by atoms with Crippen LogP contribution in [0.1, 0.15) is 310 Å². The van der Waals surface area contributed by atoms with Gasteiger partial charge in [0.05, 0.1) is 0 Å². The number of hydrogen-bond acceptors (Lipinski definition) is 6. The summed E-state index contributed by atoms with van der Waals surface area (Å²) in [5, 5.41) is 0. The molecule has 0 aromatic rings. The molecule has 6 nitrogen and oxygen atoms in total. The summed E-state index contributed by atoms with van der Waals surface area (Å²) in [7, 11) is 0. The fourth-order valence-corrected chi connectivity index (χ4v) is 8.39. The van der Waals surface area contributed by atoms with E-state index >= 15 is 0 Å². The first-order chi connectivity index (χ1) is 29.9. The molecule has 0 radical (unpaired) electrons. The molecule has 0 saturated carbocycles. The van der Waals surface area contributed by atoms with E-state index in [1.165, 1.54) is 205 Å². The van der Waals surface area contributed by atoms with Crippen LogP contribution in [0.25, 0.3) is 0 Å². The Hall–Kier alpha value is -1.59. The summed E-state index contributed by atoms with van der Waals surface area (Å²) in [6, 6.07) is 0. The van der Waals surface area contributed by atoms with Crippen molar-refractivity contribution in [1.82, 2.24) is 0 Å². The summed E-state index contributed by atoms with van der Waals surface area (Å²) in [6.07, 6.45) is 52.3. The zero-order valence-electron chi connectivity index (χ0n) is 41.6. The first-order valence-corrected chi connectivity index (χ1v) is 27.4. The number of esters is 3. The second-order valence-corrected chi connectivity index (χ2v) is 19.3. The van der Waals surface area contributed by atoms with E-state index in [1.54, 1.807) is 0 Å². The molecule has 6 heteroatoms.